The summed E-state index contributed by atoms with van der Waals surface area (Å²) in [6, 6.07) is 2.56. The quantitative estimate of drug-likeness (QED) is 0.890. The van der Waals surface area contributed by atoms with Crippen molar-refractivity contribution in [2.75, 3.05) is 19.3 Å². The summed E-state index contributed by atoms with van der Waals surface area (Å²) in [5.41, 5.74) is 7.02. The molecule has 0 bridgehead atoms. The van der Waals surface area contributed by atoms with Crippen molar-refractivity contribution in [2.45, 2.75) is 43.6 Å². The topological polar surface area (TPSA) is 77.0 Å². The van der Waals surface area contributed by atoms with Crippen LogP contribution in [0.2, 0.25) is 0 Å². The van der Waals surface area contributed by atoms with Crippen LogP contribution in [0.4, 0.5) is 19.0 Å². The SMILES string of the molecule is CN1CCC(c2cc(-c3cnc(N)c(F)c3)nn2C2CC(F)(F)C2)CC1=O. The molecule has 1 saturated carbocycles. The summed E-state index contributed by atoms with van der Waals surface area (Å²) in [5.74, 6) is -3.65. The predicted octanol–water partition coefficient (Wildman–Crippen LogP) is 2.97. The fourth-order valence-corrected chi connectivity index (χ4v) is 3.73. The number of rotatable bonds is 3. The largest absolute Gasteiger partial charge is 0.381 e. The summed E-state index contributed by atoms with van der Waals surface area (Å²) >= 11 is 0. The summed E-state index contributed by atoms with van der Waals surface area (Å²) in [6.45, 7) is 0.600. The van der Waals surface area contributed by atoms with E-state index in [1.165, 1.54) is 12.3 Å². The van der Waals surface area contributed by atoms with Gasteiger partial charge in [0.05, 0.1) is 11.7 Å². The van der Waals surface area contributed by atoms with Crippen LogP contribution in [0.15, 0.2) is 18.3 Å². The molecule has 1 aliphatic carbocycles. The van der Waals surface area contributed by atoms with E-state index in [1.807, 2.05) is 0 Å². The molecule has 0 aromatic carbocycles. The Bertz CT molecular complexity index is 889. The number of amides is 1. The standard InChI is InChI=1S/C18H20F3N5O/c1-25-3-2-10(5-16(25)27)15-6-14(11-4-13(19)17(22)23-9-11)24-26(15)12-7-18(20,21)8-12/h4,6,9-10,12H,2-3,5,7-8H2,1H3,(H2,22,23). The Balaban J connectivity index is 1.71. The number of piperidine rings is 1. The van der Waals surface area contributed by atoms with Gasteiger partial charge in [0.2, 0.25) is 5.91 Å². The molecule has 1 unspecified atom stereocenters. The number of carbonyl (C=O) groups is 1. The van der Waals surface area contributed by atoms with Crippen LogP contribution in [0.5, 0.6) is 0 Å². The molecule has 144 valence electrons. The van der Waals surface area contributed by atoms with E-state index in [0.29, 0.717) is 24.2 Å². The van der Waals surface area contributed by atoms with Crippen molar-refractivity contribution >= 4 is 11.7 Å². The minimum Gasteiger partial charge on any atom is -0.381 e. The fraction of sp³-hybridized carbons (Fsp3) is 0.500. The number of nitrogens with two attached hydrogens (primary N) is 1. The van der Waals surface area contributed by atoms with Gasteiger partial charge in [-0.15, -0.1) is 0 Å². The van der Waals surface area contributed by atoms with E-state index in [2.05, 4.69) is 10.1 Å². The van der Waals surface area contributed by atoms with E-state index in [9.17, 15) is 18.0 Å². The van der Waals surface area contributed by atoms with Crippen LogP contribution < -0.4 is 5.73 Å². The van der Waals surface area contributed by atoms with Gasteiger partial charge in [-0.25, -0.2) is 18.2 Å². The summed E-state index contributed by atoms with van der Waals surface area (Å²) < 4.78 is 42.2. The molecule has 1 amide bonds. The molecule has 4 rings (SSSR count). The first-order valence-electron chi connectivity index (χ1n) is 8.86. The number of nitrogens with zero attached hydrogens (tertiary/aromatic N) is 4. The lowest BCUT2D eigenvalue weighted by atomic mass is 9.86. The van der Waals surface area contributed by atoms with Gasteiger partial charge in [-0.3, -0.25) is 9.48 Å². The Hall–Kier alpha value is -2.58. The minimum atomic E-state index is -2.69. The highest BCUT2D eigenvalue weighted by Crippen LogP contribution is 2.47. The smallest absolute Gasteiger partial charge is 0.252 e. The second-order valence-electron chi connectivity index (χ2n) is 7.41. The Morgan fingerprint density at radius 2 is 2.04 bits per heavy atom. The number of likely N-dealkylation sites (tertiary alicyclic amines) is 1. The Morgan fingerprint density at radius 3 is 2.67 bits per heavy atom. The highest BCUT2D eigenvalue weighted by atomic mass is 19.3. The minimum absolute atomic E-state index is 0.0136. The number of carbonyl (C=O) groups excluding carboxylic acids is 1. The molecule has 2 N–H and O–H groups in total. The zero-order valence-corrected chi connectivity index (χ0v) is 14.8. The monoisotopic (exact) mass is 379 g/mol. The molecule has 1 saturated heterocycles. The third-order valence-corrected chi connectivity index (χ3v) is 5.42. The first kappa shape index (κ1) is 17.8. The summed E-state index contributed by atoms with van der Waals surface area (Å²) in [5, 5.41) is 4.47. The third-order valence-electron chi connectivity index (χ3n) is 5.42. The molecule has 27 heavy (non-hydrogen) atoms. The van der Waals surface area contributed by atoms with Crippen molar-refractivity contribution in [2.24, 2.45) is 0 Å². The number of anilines is 1. The normalized spacial score (nSPS) is 22.7. The maximum Gasteiger partial charge on any atom is 0.252 e. The Labute approximate surface area is 154 Å². The van der Waals surface area contributed by atoms with Crippen LogP contribution in [0.3, 0.4) is 0 Å². The maximum absolute atomic E-state index is 13.8. The molecule has 1 atom stereocenters. The molecular weight excluding hydrogens is 359 g/mol. The van der Waals surface area contributed by atoms with E-state index in [1.54, 1.807) is 22.7 Å². The van der Waals surface area contributed by atoms with E-state index < -0.39 is 17.8 Å². The second-order valence-corrected chi connectivity index (χ2v) is 7.41. The van der Waals surface area contributed by atoms with Crippen molar-refractivity contribution in [3.63, 3.8) is 0 Å². The van der Waals surface area contributed by atoms with Gasteiger partial charge < -0.3 is 10.6 Å². The van der Waals surface area contributed by atoms with Crippen LogP contribution in [-0.4, -0.2) is 45.1 Å². The molecule has 0 radical (unpaired) electrons. The van der Waals surface area contributed by atoms with Gasteiger partial charge in [0.25, 0.3) is 5.92 Å². The lowest BCUT2D eigenvalue weighted by molar-refractivity contribution is -0.132. The van der Waals surface area contributed by atoms with Gasteiger partial charge in [0, 0.05) is 56.2 Å². The van der Waals surface area contributed by atoms with Gasteiger partial charge >= 0.3 is 0 Å². The average molecular weight is 379 g/mol. The van der Waals surface area contributed by atoms with Gasteiger partial charge in [-0.05, 0) is 18.6 Å². The summed E-state index contributed by atoms with van der Waals surface area (Å²) in [7, 11) is 1.75. The number of alkyl halides is 2. The number of nitrogen functional groups attached to an aromatic ring is 1. The highest BCUT2D eigenvalue weighted by Gasteiger charge is 2.48. The number of hydrogen-bond acceptors (Lipinski definition) is 4. The second kappa shape index (κ2) is 6.24. The summed E-state index contributed by atoms with van der Waals surface area (Å²) in [6.07, 6.45) is 1.88. The van der Waals surface area contributed by atoms with Crippen LogP contribution in [0.25, 0.3) is 11.3 Å². The van der Waals surface area contributed by atoms with Crippen LogP contribution in [0.1, 0.15) is 43.3 Å². The highest BCUT2D eigenvalue weighted by molar-refractivity contribution is 5.77. The van der Waals surface area contributed by atoms with E-state index >= 15 is 0 Å². The zero-order valence-electron chi connectivity index (χ0n) is 14.8. The number of halogens is 3. The van der Waals surface area contributed by atoms with Crippen LogP contribution >= 0.6 is 0 Å². The van der Waals surface area contributed by atoms with Crippen molar-refractivity contribution in [1.29, 1.82) is 0 Å². The van der Waals surface area contributed by atoms with Crippen molar-refractivity contribution in [1.82, 2.24) is 19.7 Å². The lowest BCUT2D eigenvalue weighted by Crippen LogP contribution is -2.40. The zero-order chi connectivity index (χ0) is 19.3. The fourth-order valence-electron chi connectivity index (χ4n) is 3.73. The van der Waals surface area contributed by atoms with E-state index in [0.717, 1.165) is 12.1 Å². The van der Waals surface area contributed by atoms with Crippen LogP contribution in [0, 0.1) is 5.82 Å². The number of hydrogen-bond donors (Lipinski definition) is 1. The van der Waals surface area contributed by atoms with Crippen molar-refractivity contribution < 1.29 is 18.0 Å². The summed E-state index contributed by atoms with van der Waals surface area (Å²) in [4.78, 5) is 17.6. The molecule has 0 spiro atoms. The van der Waals surface area contributed by atoms with Gasteiger partial charge in [0.15, 0.2) is 11.6 Å². The number of aromatic nitrogens is 3. The van der Waals surface area contributed by atoms with Gasteiger partial charge in [0.1, 0.15) is 0 Å². The average Bonchev–Trinajstić information content (AvgIpc) is 3.02. The maximum atomic E-state index is 13.8. The molecule has 2 aromatic heterocycles. The van der Waals surface area contributed by atoms with Crippen molar-refractivity contribution in [3.05, 3.63) is 29.8 Å². The first-order valence-corrected chi connectivity index (χ1v) is 8.86. The molecule has 1 aliphatic heterocycles. The van der Waals surface area contributed by atoms with Gasteiger partial charge in [-0.1, -0.05) is 0 Å². The number of pyridine rings is 1. The van der Waals surface area contributed by atoms with E-state index in [4.69, 9.17) is 5.73 Å². The molecule has 2 fully saturated rings. The lowest BCUT2D eigenvalue weighted by Gasteiger charge is -2.37. The Kier molecular flexibility index (Phi) is 4.12. The molecule has 6 nitrogen and oxygen atoms in total. The predicted molar refractivity (Wildman–Crippen MR) is 92.7 cm³/mol. The van der Waals surface area contributed by atoms with Crippen molar-refractivity contribution in [3.8, 4) is 11.3 Å². The van der Waals surface area contributed by atoms with Gasteiger partial charge in [-0.2, -0.15) is 5.10 Å². The Morgan fingerprint density at radius 1 is 1.30 bits per heavy atom. The molecule has 3 heterocycles. The molecule has 9 heteroatoms. The first-order chi connectivity index (χ1) is 12.7. The van der Waals surface area contributed by atoms with Crippen LogP contribution in [-0.2, 0) is 4.79 Å². The molecule has 2 aliphatic rings. The van der Waals surface area contributed by atoms with E-state index in [-0.39, 0.29) is 30.5 Å². The third kappa shape index (κ3) is 3.26. The molecule has 2 aromatic rings. The molecular formula is C18H20F3N5O.